The van der Waals surface area contributed by atoms with E-state index in [4.69, 9.17) is 10.2 Å². The van der Waals surface area contributed by atoms with Gasteiger partial charge in [-0.3, -0.25) is 0 Å². The number of nitrogens with zero attached hydrogens (tertiary/aromatic N) is 2. The van der Waals surface area contributed by atoms with Crippen LogP contribution in [0.4, 0.5) is 0 Å². The molecule has 0 aliphatic heterocycles. The Morgan fingerprint density at radius 2 is 1.00 bits per heavy atom. The molecule has 0 N–H and O–H groups in total. The zero-order valence-electron chi connectivity index (χ0n) is 12.7. The first-order valence-corrected chi connectivity index (χ1v) is 9.17. The molecule has 7 aliphatic rings. The van der Waals surface area contributed by atoms with Gasteiger partial charge in [0.25, 0.3) is 0 Å². The van der Waals surface area contributed by atoms with Crippen molar-refractivity contribution < 1.29 is 0 Å². The summed E-state index contributed by atoms with van der Waals surface area (Å²) in [5.41, 5.74) is 0.593. The Bertz CT molecular complexity index is 382. The summed E-state index contributed by atoms with van der Waals surface area (Å²) in [5.74, 6) is 4.03. The van der Waals surface area contributed by atoms with Gasteiger partial charge in [0.05, 0.1) is 11.1 Å². The van der Waals surface area contributed by atoms with Crippen LogP contribution in [0.25, 0.3) is 0 Å². The second-order valence-corrected chi connectivity index (χ2v) is 9.05. The highest BCUT2D eigenvalue weighted by Gasteiger charge is 2.52. The maximum absolute atomic E-state index is 5.13. The summed E-state index contributed by atoms with van der Waals surface area (Å²) in [6.45, 7) is 0. The number of azo groups is 1. The molecule has 7 rings (SSSR count). The van der Waals surface area contributed by atoms with E-state index in [1.165, 1.54) is 77.0 Å². The van der Waals surface area contributed by atoms with E-state index in [1.807, 2.05) is 0 Å². The van der Waals surface area contributed by atoms with Crippen LogP contribution in [-0.4, -0.2) is 11.1 Å². The van der Waals surface area contributed by atoms with Gasteiger partial charge in [0.1, 0.15) is 0 Å². The number of hydrogen-bond donors (Lipinski definition) is 0. The zero-order chi connectivity index (χ0) is 13.2. The fourth-order valence-electron chi connectivity index (χ4n) is 6.78. The molecule has 0 radical (unpaired) electrons. The minimum atomic E-state index is 0.290. The van der Waals surface area contributed by atoms with Crippen LogP contribution in [-0.2, 0) is 0 Å². The monoisotopic (exact) mass is 272 g/mol. The molecular formula is C18H28N2. The van der Waals surface area contributed by atoms with Crippen molar-refractivity contribution in [3.63, 3.8) is 0 Å². The molecular weight excluding hydrogens is 244 g/mol. The van der Waals surface area contributed by atoms with E-state index < -0.39 is 0 Å². The van der Waals surface area contributed by atoms with Gasteiger partial charge in [-0.1, -0.05) is 0 Å². The van der Waals surface area contributed by atoms with Gasteiger partial charge >= 0.3 is 0 Å². The Morgan fingerprint density at radius 3 is 1.50 bits per heavy atom. The molecule has 7 aliphatic carbocycles. The van der Waals surface area contributed by atoms with Crippen molar-refractivity contribution in [3.05, 3.63) is 0 Å². The van der Waals surface area contributed by atoms with E-state index in [1.54, 1.807) is 0 Å². The molecule has 110 valence electrons. The molecule has 0 atom stereocenters. The topological polar surface area (TPSA) is 24.7 Å². The van der Waals surface area contributed by atoms with Gasteiger partial charge in [-0.15, -0.1) is 0 Å². The van der Waals surface area contributed by atoms with Crippen LogP contribution in [0.2, 0.25) is 0 Å². The summed E-state index contributed by atoms with van der Waals surface area (Å²) >= 11 is 0. The van der Waals surface area contributed by atoms with Gasteiger partial charge in [-0.05, 0) is 101 Å². The molecule has 0 spiro atoms. The summed E-state index contributed by atoms with van der Waals surface area (Å²) in [7, 11) is 0. The molecule has 0 amide bonds. The fourth-order valence-corrected chi connectivity index (χ4v) is 6.78. The molecule has 0 heterocycles. The first kappa shape index (κ1) is 12.2. The Kier molecular flexibility index (Phi) is 2.48. The first-order valence-electron chi connectivity index (χ1n) is 9.17. The minimum Gasteiger partial charge on any atom is -0.187 e. The Morgan fingerprint density at radius 1 is 0.550 bits per heavy atom. The van der Waals surface area contributed by atoms with E-state index in [0.29, 0.717) is 5.54 Å². The van der Waals surface area contributed by atoms with Crippen LogP contribution >= 0.6 is 0 Å². The van der Waals surface area contributed by atoms with Crippen LogP contribution in [0.5, 0.6) is 0 Å². The van der Waals surface area contributed by atoms with Gasteiger partial charge in [-0.2, -0.15) is 10.2 Å². The molecule has 2 heteroatoms. The quantitative estimate of drug-likeness (QED) is 0.623. The van der Waals surface area contributed by atoms with E-state index in [-0.39, 0.29) is 5.54 Å². The summed E-state index contributed by atoms with van der Waals surface area (Å²) in [4.78, 5) is 0. The van der Waals surface area contributed by atoms with E-state index in [9.17, 15) is 0 Å². The molecule has 0 aromatic carbocycles. The average molecular weight is 272 g/mol. The molecule has 7 fully saturated rings. The highest BCUT2D eigenvalue weighted by Crippen LogP contribution is 2.58. The van der Waals surface area contributed by atoms with Gasteiger partial charge in [0, 0.05) is 0 Å². The van der Waals surface area contributed by atoms with Crippen molar-refractivity contribution in [2.45, 2.75) is 88.1 Å². The normalized spacial score (nSPS) is 56.8. The first-order chi connectivity index (χ1) is 9.73. The lowest BCUT2D eigenvalue weighted by atomic mass is 9.53. The molecule has 0 aromatic rings. The van der Waals surface area contributed by atoms with Crippen molar-refractivity contribution in [3.8, 4) is 0 Å². The van der Waals surface area contributed by atoms with E-state index in [0.717, 1.165) is 23.7 Å². The largest absolute Gasteiger partial charge is 0.187 e. The van der Waals surface area contributed by atoms with Crippen molar-refractivity contribution in [1.29, 1.82) is 0 Å². The summed E-state index contributed by atoms with van der Waals surface area (Å²) in [5, 5.41) is 10.2. The summed E-state index contributed by atoms with van der Waals surface area (Å²) in [6.07, 6.45) is 17.0. The van der Waals surface area contributed by atoms with Crippen molar-refractivity contribution in [2.75, 3.05) is 0 Å². The second-order valence-electron chi connectivity index (χ2n) is 9.05. The third-order valence-corrected chi connectivity index (χ3v) is 7.53. The van der Waals surface area contributed by atoms with Crippen LogP contribution in [0, 0.1) is 23.7 Å². The Hall–Kier alpha value is -0.400. The van der Waals surface area contributed by atoms with Gasteiger partial charge < -0.3 is 0 Å². The predicted molar refractivity (Wildman–Crippen MR) is 79.7 cm³/mol. The smallest absolute Gasteiger partial charge is 0.0824 e. The third-order valence-electron chi connectivity index (χ3n) is 7.53. The van der Waals surface area contributed by atoms with Crippen LogP contribution < -0.4 is 0 Å². The summed E-state index contributed by atoms with van der Waals surface area (Å²) in [6, 6.07) is 0. The molecule has 7 saturated carbocycles. The van der Waals surface area contributed by atoms with Crippen LogP contribution in [0.15, 0.2) is 10.2 Å². The number of fused-ring (bicyclic) bond motifs is 3. The van der Waals surface area contributed by atoms with E-state index >= 15 is 0 Å². The van der Waals surface area contributed by atoms with Crippen molar-refractivity contribution in [1.82, 2.24) is 0 Å². The zero-order valence-corrected chi connectivity index (χ0v) is 12.7. The SMILES string of the molecule is C1CC2(N=NC34CC5CC(CC(C5)C3)C4)CCC1CC2. The lowest BCUT2D eigenvalue weighted by molar-refractivity contribution is -0.00524. The van der Waals surface area contributed by atoms with Crippen molar-refractivity contribution in [2.24, 2.45) is 33.9 Å². The van der Waals surface area contributed by atoms with Crippen LogP contribution in [0.1, 0.15) is 77.0 Å². The maximum atomic E-state index is 5.13. The number of rotatable bonds is 2. The lowest BCUT2D eigenvalue weighted by Gasteiger charge is -2.54. The van der Waals surface area contributed by atoms with Gasteiger partial charge in [-0.25, -0.2) is 0 Å². The lowest BCUT2D eigenvalue weighted by Crippen LogP contribution is -2.49. The number of hydrogen-bond acceptors (Lipinski definition) is 2. The molecule has 0 saturated heterocycles. The maximum Gasteiger partial charge on any atom is 0.0824 e. The highest BCUT2D eigenvalue weighted by molar-refractivity contribution is 5.07. The third kappa shape index (κ3) is 1.82. The van der Waals surface area contributed by atoms with Gasteiger partial charge in [0.15, 0.2) is 0 Å². The fraction of sp³-hybridized carbons (Fsp3) is 1.00. The minimum absolute atomic E-state index is 0.290. The van der Waals surface area contributed by atoms with Crippen LogP contribution in [0.3, 0.4) is 0 Å². The summed E-state index contributed by atoms with van der Waals surface area (Å²) < 4.78 is 0. The molecule has 2 nitrogen and oxygen atoms in total. The second kappa shape index (κ2) is 4.08. The highest BCUT2D eigenvalue weighted by atomic mass is 15.2. The van der Waals surface area contributed by atoms with Gasteiger partial charge in [0.2, 0.25) is 0 Å². The molecule has 20 heavy (non-hydrogen) atoms. The molecule has 6 bridgehead atoms. The Balaban J connectivity index is 1.39. The average Bonchev–Trinajstić information content (AvgIpc) is 2.46. The Labute approximate surface area is 122 Å². The molecule has 0 unspecified atom stereocenters. The van der Waals surface area contributed by atoms with Crippen molar-refractivity contribution >= 4 is 0 Å². The standard InChI is InChI=1S/C18H28N2/c1-4-17(5-2-13(1)3-6-17)19-20-18-10-14-7-15(11-18)9-16(8-14)12-18/h13-16H,1-12H2. The van der Waals surface area contributed by atoms with E-state index in [2.05, 4.69) is 0 Å². The molecule has 0 aromatic heterocycles. The predicted octanol–water partition coefficient (Wildman–Crippen LogP) is 5.13.